The lowest BCUT2D eigenvalue weighted by Gasteiger charge is -2.42. The summed E-state index contributed by atoms with van der Waals surface area (Å²) in [5.74, 6) is -1.16. The molecule has 4 rings (SSSR count). The maximum Gasteiger partial charge on any atom is 0.267 e. The van der Waals surface area contributed by atoms with Crippen molar-refractivity contribution in [3.8, 4) is 5.75 Å². The van der Waals surface area contributed by atoms with Gasteiger partial charge in [0.1, 0.15) is 11.6 Å². The molecule has 196 valence electrons. The van der Waals surface area contributed by atoms with Crippen molar-refractivity contribution in [1.82, 2.24) is 9.62 Å². The Hall–Kier alpha value is -1.87. The lowest BCUT2D eigenvalue weighted by Crippen LogP contribution is -2.42. The van der Waals surface area contributed by atoms with Crippen LogP contribution in [0.2, 0.25) is 10.0 Å². The molecule has 2 aromatic rings. The first kappa shape index (κ1) is 27.2. The molecule has 1 N–H and O–H groups in total. The standard InChI is InChI=1S/C26H31Cl2FN2O4S/c1-16(19-7-6-18(27)12-22(19)28)31-10-8-26(2,9-11-31)15-35-24-14-23(29)21(13-20(24)17-4-5-17)25(32)30-36(3,33)34/h6-7,12-14,16-17H,4-5,8-11,15H2,1-3H3,(H,30,32). The molecule has 0 bridgehead atoms. The Morgan fingerprint density at radius 3 is 2.47 bits per heavy atom. The van der Waals surface area contributed by atoms with E-state index < -0.39 is 21.7 Å². The van der Waals surface area contributed by atoms with E-state index in [2.05, 4.69) is 18.7 Å². The smallest absolute Gasteiger partial charge is 0.267 e. The molecule has 2 fully saturated rings. The van der Waals surface area contributed by atoms with E-state index in [-0.39, 0.29) is 22.9 Å². The van der Waals surface area contributed by atoms with Gasteiger partial charge in [0, 0.05) is 27.6 Å². The van der Waals surface area contributed by atoms with Gasteiger partial charge in [-0.1, -0.05) is 36.2 Å². The second-order valence-corrected chi connectivity index (χ2v) is 12.9. The molecule has 1 saturated carbocycles. The van der Waals surface area contributed by atoms with Crippen LogP contribution in [-0.4, -0.2) is 45.2 Å². The fraction of sp³-hybridized carbons (Fsp3) is 0.500. The minimum absolute atomic E-state index is 0.0936. The highest BCUT2D eigenvalue weighted by molar-refractivity contribution is 7.89. The van der Waals surface area contributed by atoms with E-state index in [0.717, 1.165) is 56.2 Å². The van der Waals surface area contributed by atoms with Crippen molar-refractivity contribution in [2.45, 2.75) is 51.5 Å². The SMILES string of the molecule is CC(c1ccc(Cl)cc1Cl)N1CCC(C)(COc2cc(F)c(C(=O)NS(C)(=O)=O)cc2C2CC2)CC1. The monoisotopic (exact) mass is 556 g/mol. The van der Waals surface area contributed by atoms with E-state index in [1.165, 1.54) is 12.1 Å². The Morgan fingerprint density at radius 2 is 1.89 bits per heavy atom. The van der Waals surface area contributed by atoms with Gasteiger partial charge in [-0.3, -0.25) is 9.69 Å². The number of likely N-dealkylation sites (tertiary alicyclic amines) is 1. The Kier molecular flexibility index (Phi) is 7.91. The van der Waals surface area contributed by atoms with Crippen molar-refractivity contribution < 1.29 is 22.3 Å². The van der Waals surface area contributed by atoms with Crippen molar-refractivity contribution in [3.05, 3.63) is 62.9 Å². The van der Waals surface area contributed by atoms with Gasteiger partial charge in [0.25, 0.3) is 5.91 Å². The molecule has 36 heavy (non-hydrogen) atoms. The van der Waals surface area contributed by atoms with E-state index in [9.17, 15) is 17.6 Å². The zero-order valence-corrected chi connectivity index (χ0v) is 22.9. The summed E-state index contributed by atoms with van der Waals surface area (Å²) in [6.07, 6.45) is 4.51. The van der Waals surface area contributed by atoms with Crippen molar-refractivity contribution >= 4 is 39.1 Å². The summed E-state index contributed by atoms with van der Waals surface area (Å²) in [6, 6.07) is 8.40. The topological polar surface area (TPSA) is 75.7 Å². The molecule has 0 spiro atoms. The Morgan fingerprint density at radius 1 is 1.22 bits per heavy atom. The minimum Gasteiger partial charge on any atom is -0.493 e. The molecule has 2 aliphatic rings. The van der Waals surface area contributed by atoms with E-state index in [1.54, 1.807) is 6.07 Å². The summed E-state index contributed by atoms with van der Waals surface area (Å²) in [5.41, 5.74) is 1.42. The predicted molar refractivity (Wildman–Crippen MR) is 140 cm³/mol. The molecular formula is C26H31Cl2FN2O4S. The van der Waals surface area contributed by atoms with Crippen molar-refractivity contribution in [3.63, 3.8) is 0 Å². The van der Waals surface area contributed by atoms with Crippen LogP contribution in [0.4, 0.5) is 4.39 Å². The molecule has 0 aromatic heterocycles. The number of rotatable bonds is 8. The number of hydrogen-bond acceptors (Lipinski definition) is 5. The van der Waals surface area contributed by atoms with E-state index in [1.807, 2.05) is 16.9 Å². The third-order valence-corrected chi connectivity index (χ3v) is 8.30. The molecule has 1 saturated heterocycles. The first-order chi connectivity index (χ1) is 16.8. The number of sulfonamides is 1. The molecular weight excluding hydrogens is 526 g/mol. The van der Waals surface area contributed by atoms with Gasteiger partial charge in [-0.25, -0.2) is 17.5 Å². The molecule has 1 amide bonds. The van der Waals surface area contributed by atoms with Gasteiger partial charge >= 0.3 is 0 Å². The van der Waals surface area contributed by atoms with Crippen LogP contribution < -0.4 is 9.46 Å². The largest absolute Gasteiger partial charge is 0.493 e. The number of ether oxygens (including phenoxy) is 1. The van der Waals surface area contributed by atoms with Gasteiger partial charge in [0.2, 0.25) is 10.0 Å². The van der Waals surface area contributed by atoms with Crippen molar-refractivity contribution in [2.24, 2.45) is 5.41 Å². The first-order valence-corrected chi connectivity index (χ1v) is 14.7. The summed E-state index contributed by atoms with van der Waals surface area (Å²) in [6.45, 7) is 6.47. The van der Waals surface area contributed by atoms with Gasteiger partial charge in [-0.05, 0) is 80.9 Å². The third-order valence-electron chi connectivity index (χ3n) is 7.18. The number of benzene rings is 2. The Balaban J connectivity index is 1.42. The van der Waals surface area contributed by atoms with Crippen LogP contribution in [0.3, 0.4) is 0 Å². The molecule has 10 heteroatoms. The van der Waals surface area contributed by atoms with Crippen LogP contribution in [0.15, 0.2) is 30.3 Å². The average molecular weight is 558 g/mol. The highest BCUT2D eigenvalue weighted by Crippen LogP contribution is 2.46. The van der Waals surface area contributed by atoms with Crippen LogP contribution >= 0.6 is 23.2 Å². The van der Waals surface area contributed by atoms with Gasteiger partial charge in [0.15, 0.2) is 0 Å². The Labute approximate surface area is 222 Å². The maximum absolute atomic E-state index is 14.8. The molecule has 1 atom stereocenters. The fourth-order valence-electron chi connectivity index (χ4n) is 4.69. The number of carbonyl (C=O) groups is 1. The predicted octanol–water partition coefficient (Wildman–Crippen LogP) is 5.94. The summed E-state index contributed by atoms with van der Waals surface area (Å²) in [7, 11) is -3.80. The molecule has 0 radical (unpaired) electrons. The molecule has 2 aromatic carbocycles. The third kappa shape index (κ3) is 6.52. The maximum atomic E-state index is 14.8. The number of hydrogen-bond donors (Lipinski definition) is 1. The molecule has 1 heterocycles. The molecule has 1 aliphatic carbocycles. The molecule has 6 nitrogen and oxygen atoms in total. The van der Waals surface area contributed by atoms with Crippen LogP contribution in [-0.2, 0) is 10.0 Å². The second kappa shape index (κ2) is 10.5. The number of amides is 1. The van der Waals surface area contributed by atoms with Crippen molar-refractivity contribution in [1.29, 1.82) is 0 Å². The molecule has 1 unspecified atom stereocenters. The van der Waals surface area contributed by atoms with Crippen LogP contribution in [0, 0.1) is 11.2 Å². The van der Waals surface area contributed by atoms with Gasteiger partial charge in [-0.2, -0.15) is 0 Å². The summed E-state index contributed by atoms with van der Waals surface area (Å²) in [4.78, 5) is 14.7. The first-order valence-electron chi connectivity index (χ1n) is 12.0. The van der Waals surface area contributed by atoms with Crippen LogP contribution in [0.1, 0.15) is 73.0 Å². The van der Waals surface area contributed by atoms with E-state index in [4.69, 9.17) is 27.9 Å². The number of nitrogens with zero attached hydrogens (tertiary/aromatic N) is 1. The normalized spacial score (nSPS) is 19.1. The zero-order chi connectivity index (χ0) is 26.3. The summed E-state index contributed by atoms with van der Waals surface area (Å²) in [5, 5.41) is 1.28. The summed E-state index contributed by atoms with van der Waals surface area (Å²) >= 11 is 12.5. The molecule has 1 aliphatic heterocycles. The summed E-state index contributed by atoms with van der Waals surface area (Å²) < 4.78 is 45.6. The quantitative estimate of drug-likeness (QED) is 0.435. The lowest BCUT2D eigenvalue weighted by atomic mass is 9.80. The van der Waals surface area contributed by atoms with Gasteiger partial charge < -0.3 is 4.74 Å². The second-order valence-electron chi connectivity index (χ2n) is 10.3. The number of piperidine rings is 1. The minimum atomic E-state index is -3.80. The number of halogens is 3. The van der Waals surface area contributed by atoms with E-state index >= 15 is 0 Å². The highest BCUT2D eigenvalue weighted by atomic mass is 35.5. The van der Waals surface area contributed by atoms with Gasteiger partial charge in [-0.15, -0.1) is 0 Å². The Bertz CT molecular complexity index is 1260. The number of nitrogens with one attached hydrogen (secondary N) is 1. The van der Waals surface area contributed by atoms with Crippen LogP contribution in [0.5, 0.6) is 5.75 Å². The fourth-order valence-corrected chi connectivity index (χ4v) is 5.71. The van der Waals surface area contributed by atoms with E-state index in [0.29, 0.717) is 22.4 Å². The lowest BCUT2D eigenvalue weighted by molar-refractivity contribution is 0.0510. The van der Waals surface area contributed by atoms with Crippen molar-refractivity contribution in [2.75, 3.05) is 26.0 Å². The highest BCUT2D eigenvalue weighted by Gasteiger charge is 2.35. The average Bonchev–Trinajstić information content (AvgIpc) is 3.62. The van der Waals surface area contributed by atoms with Crippen LogP contribution in [0.25, 0.3) is 0 Å². The number of carbonyl (C=O) groups excluding carboxylic acids is 1. The van der Waals surface area contributed by atoms with Gasteiger partial charge in [0.05, 0.1) is 18.4 Å². The zero-order valence-electron chi connectivity index (χ0n) is 20.6.